The number of ether oxygens (including phenoxy) is 1. The van der Waals surface area contributed by atoms with Crippen molar-refractivity contribution >= 4 is 46.5 Å². The average Bonchev–Trinajstić information content (AvgIpc) is 3.04. The highest BCUT2D eigenvalue weighted by atomic mass is 35.5. The molecule has 0 bridgehead atoms. The van der Waals surface area contributed by atoms with Gasteiger partial charge in [-0.25, -0.2) is 4.79 Å². The normalized spacial score (nSPS) is 13.2. The Labute approximate surface area is 173 Å². The van der Waals surface area contributed by atoms with E-state index in [9.17, 15) is 14.4 Å². The fourth-order valence-electron chi connectivity index (χ4n) is 3.13. The number of halogens is 1. The third-order valence-corrected chi connectivity index (χ3v) is 5.76. The smallest absolute Gasteiger partial charge is 0.337 e. The van der Waals surface area contributed by atoms with Crippen LogP contribution in [-0.2, 0) is 17.7 Å². The molecule has 3 rings (SSSR count). The molecular formula is C19H22ClN3O4S. The average molecular weight is 424 g/mol. The Kier molecular flexibility index (Phi) is 7.17. The molecule has 1 aromatic carbocycles. The minimum Gasteiger partial charge on any atom is -0.465 e. The van der Waals surface area contributed by atoms with Crippen LogP contribution in [0.15, 0.2) is 24.3 Å². The number of nitrogens with two attached hydrogens (primary N) is 1. The molecule has 3 N–H and O–H groups in total. The van der Waals surface area contributed by atoms with Crippen LogP contribution in [0.3, 0.4) is 0 Å². The number of nitrogens with zero attached hydrogens (tertiary/aromatic N) is 1. The van der Waals surface area contributed by atoms with Gasteiger partial charge >= 0.3 is 5.97 Å². The van der Waals surface area contributed by atoms with Gasteiger partial charge in [0.25, 0.3) is 11.8 Å². The molecule has 2 aromatic rings. The lowest BCUT2D eigenvalue weighted by molar-refractivity contribution is 0.0600. The molecular weight excluding hydrogens is 402 g/mol. The molecule has 0 saturated heterocycles. The molecule has 0 radical (unpaired) electrons. The van der Waals surface area contributed by atoms with Crippen LogP contribution in [0.5, 0.6) is 0 Å². The van der Waals surface area contributed by atoms with Crippen molar-refractivity contribution in [2.75, 3.05) is 25.5 Å². The summed E-state index contributed by atoms with van der Waals surface area (Å²) in [4.78, 5) is 39.4. The molecule has 0 fully saturated rings. The number of likely N-dealkylation sites (N-methyl/N-ethyl adjacent to an activating group) is 1. The zero-order valence-corrected chi connectivity index (χ0v) is 17.2. The summed E-state index contributed by atoms with van der Waals surface area (Å²) in [6.07, 6.45) is 0.738. The minimum absolute atomic E-state index is 0. The molecule has 0 spiro atoms. The second-order valence-electron chi connectivity index (χ2n) is 6.21. The summed E-state index contributed by atoms with van der Waals surface area (Å²) in [7, 11) is 1.30. The molecule has 0 saturated carbocycles. The summed E-state index contributed by atoms with van der Waals surface area (Å²) < 4.78 is 4.65. The Morgan fingerprint density at radius 2 is 1.86 bits per heavy atom. The molecule has 0 aliphatic carbocycles. The molecule has 150 valence electrons. The van der Waals surface area contributed by atoms with Crippen molar-refractivity contribution in [2.24, 2.45) is 5.73 Å². The molecule has 2 heterocycles. The number of anilines is 1. The summed E-state index contributed by atoms with van der Waals surface area (Å²) in [6, 6.07) is 6.12. The van der Waals surface area contributed by atoms with Gasteiger partial charge in [0.1, 0.15) is 5.00 Å². The van der Waals surface area contributed by atoms with E-state index in [0.29, 0.717) is 21.7 Å². The maximum atomic E-state index is 12.6. The number of hydrogen-bond donors (Lipinski definition) is 2. The van der Waals surface area contributed by atoms with Gasteiger partial charge in [-0.1, -0.05) is 6.92 Å². The molecule has 7 nitrogen and oxygen atoms in total. The number of carbonyl (C=O) groups excluding carboxylic acids is 3. The highest BCUT2D eigenvalue weighted by molar-refractivity contribution is 7.17. The van der Waals surface area contributed by atoms with Gasteiger partial charge < -0.3 is 15.8 Å². The van der Waals surface area contributed by atoms with Crippen LogP contribution in [0, 0.1) is 0 Å². The first-order valence-electron chi connectivity index (χ1n) is 8.61. The van der Waals surface area contributed by atoms with Gasteiger partial charge in [-0.2, -0.15) is 0 Å². The number of hydrogen-bond acceptors (Lipinski definition) is 6. The summed E-state index contributed by atoms with van der Waals surface area (Å²) in [5.41, 5.74) is 7.66. The van der Waals surface area contributed by atoms with E-state index >= 15 is 0 Å². The van der Waals surface area contributed by atoms with Crippen molar-refractivity contribution in [1.82, 2.24) is 4.90 Å². The van der Waals surface area contributed by atoms with E-state index in [-0.39, 0.29) is 18.3 Å². The Hall–Kier alpha value is -2.42. The third kappa shape index (κ3) is 4.35. The van der Waals surface area contributed by atoms with Crippen LogP contribution in [-0.4, -0.2) is 42.9 Å². The van der Waals surface area contributed by atoms with Gasteiger partial charge in [-0.15, -0.1) is 23.7 Å². The first-order valence-corrected chi connectivity index (χ1v) is 9.42. The highest BCUT2D eigenvalue weighted by Crippen LogP contribution is 2.37. The van der Waals surface area contributed by atoms with Gasteiger partial charge in [0.2, 0.25) is 0 Å². The molecule has 0 atom stereocenters. The van der Waals surface area contributed by atoms with Gasteiger partial charge in [0.05, 0.1) is 18.2 Å². The van der Waals surface area contributed by atoms with Crippen molar-refractivity contribution in [2.45, 2.75) is 19.9 Å². The van der Waals surface area contributed by atoms with Gasteiger partial charge in [-0.05, 0) is 42.8 Å². The molecule has 9 heteroatoms. The first kappa shape index (κ1) is 21.9. The van der Waals surface area contributed by atoms with Crippen LogP contribution >= 0.6 is 23.7 Å². The lowest BCUT2D eigenvalue weighted by Crippen LogP contribution is -2.30. The molecule has 1 aromatic heterocycles. The van der Waals surface area contributed by atoms with Crippen molar-refractivity contribution < 1.29 is 19.1 Å². The SMILES string of the molecule is CCN1CCc2c(sc(NC(=O)c3ccc(C(=O)OC)cc3)c2C(N)=O)C1.Cl. The van der Waals surface area contributed by atoms with E-state index in [1.54, 1.807) is 0 Å². The number of carbonyl (C=O) groups is 3. The second kappa shape index (κ2) is 9.18. The number of benzene rings is 1. The molecule has 1 aliphatic heterocycles. The minimum atomic E-state index is -0.534. The number of methoxy groups -OCH3 is 1. The van der Waals surface area contributed by atoms with E-state index in [4.69, 9.17) is 5.73 Å². The highest BCUT2D eigenvalue weighted by Gasteiger charge is 2.27. The molecule has 2 amide bonds. The Bertz CT molecular complexity index is 895. The summed E-state index contributed by atoms with van der Waals surface area (Å²) in [5, 5.41) is 3.28. The van der Waals surface area contributed by atoms with Crippen molar-refractivity contribution in [3.05, 3.63) is 51.4 Å². The maximum Gasteiger partial charge on any atom is 0.337 e. The van der Waals surface area contributed by atoms with E-state index < -0.39 is 11.9 Å². The maximum absolute atomic E-state index is 12.6. The van der Waals surface area contributed by atoms with Gasteiger partial charge in [-0.3, -0.25) is 14.5 Å². The fourth-order valence-corrected chi connectivity index (χ4v) is 4.42. The van der Waals surface area contributed by atoms with Gasteiger partial charge in [0, 0.05) is 23.5 Å². The monoisotopic (exact) mass is 423 g/mol. The third-order valence-electron chi connectivity index (χ3n) is 4.62. The number of amides is 2. The van der Waals surface area contributed by atoms with Crippen LogP contribution in [0.2, 0.25) is 0 Å². The number of fused-ring (bicyclic) bond motifs is 1. The Morgan fingerprint density at radius 3 is 2.43 bits per heavy atom. The van der Waals surface area contributed by atoms with E-state index in [0.717, 1.165) is 36.5 Å². The van der Waals surface area contributed by atoms with Crippen molar-refractivity contribution in [3.63, 3.8) is 0 Å². The summed E-state index contributed by atoms with van der Waals surface area (Å²) in [5.74, 6) is -1.36. The zero-order valence-electron chi connectivity index (χ0n) is 15.6. The summed E-state index contributed by atoms with van der Waals surface area (Å²) in [6.45, 7) is 4.63. The Morgan fingerprint density at radius 1 is 1.21 bits per heavy atom. The predicted octanol–water partition coefficient (Wildman–Crippen LogP) is 2.69. The number of esters is 1. The summed E-state index contributed by atoms with van der Waals surface area (Å²) >= 11 is 1.40. The van der Waals surface area contributed by atoms with Gasteiger partial charge in [0.15, 0.2) is 0 Å². The largest absolute Gasteiger partial charge is 0.465 e. The van der Waals surface area contributed by atoms with E-state index in [1.807, 2.05) is 0 Å². The Balaban J connectivity index is 0.00000280. The van der Waals surface area contributed by atoms with Crippen LogP contribution in [0.1, 0.15) is 48.4 Å². The van der Waals surface area contributed by atoms with Crippen LogP contribution in [0.25, 0.3) is 0 Å². The predicted molar refractivity (Wildman–Crippen MR) is 110 cm³/mol. The topological polar surface area (TPSA) is 102 Å². The second-order valence-corrected chi connectivity index (χ2v) is 7.32. The number of rotatable bonds is 5. The lowest BCUT2D eigenvalue weighted by Gasteiger charge is -2.25. The quantitative estimate of drug-likeness (QED) is 0.720. The van der Waals surface area contributed by atoms with Crippen LogP contribution < -0.4 is 11.1 Å². The lowest BCUT2D eigenvalue weighted by atomic mass is 10.0. The zero-order chi connectivity index (χ0) is 19.6. The number of thiophene rings is 1. The van der Waals surface area contributed by atoms with Crippen molar-refractivity contribution in [1.29, 1.82) is 0 Å². The van der Waals surface area contributed by atoms with E-state index in [1.165, 1.54) is 42.7 Å². The molecule has 1 aliphatic rings. The van der Waals surface area contributed by atoms with Crippen molar-refractivity contribution in [3.8, 4) is 0 Å². The number of nitrogens with one attached hydrogen (secondary N) is 1. The number of primary amides is 1. The first-order chi connectivity index (χ1) is 12.9. The van der Waals surface area contributed by atoms with E-state index in [2.05, 4.69) is 21.9 Å². The molecule has 28 heavy (non-hydrogen) atoms. The fraction of sp³-hybridized carbons (Fsp3) is 0.316. The molecule has 0 unspecified atom stereocenters. The van der Waals surface area contributed by atoms with Crippen LogP contribution in [0.4, 0.5) is 5.00 Å². The standard InChI is InChI=1S/C19H21N3O4S.ClH/c1-3-22-9-8-13-14(10-22)27-18(15(13)16(20)23)21-17(24)11-4-6-12(7-5-11)19(25)26-2;/h4-7H,3,8-10H2,1-2H3,(H2,20,23)(H,21,24);1H.